The molecule has 0 aliphatic carbocycles. The molecule has 0 aromatic carbocycles. The third-order valence-corrected chi connectivity index (χ3v) is 1.95. The van der Waals surface area contributed by atoms with Crippen LogP contribution in [0, 0.1) is 11.8 Å². The molecule has 2 heterocycles. The number of aromatic nitrogens is 2. The Morgan fingerprint density at radius 1 is 1.19 bits per heavy atom. The first-order valence-electron chi connectivity index (χ1n) is 4.80. The standard InChI is InChI=1S/C13H10N2O/c1-16-13-8-11(9-14-10-13)5-6-12-4-2-3-7-15-12/h2-4,7-10H,1H3/i1-1. The van der Waals surface area contributed by atoms with E-state index in [1.54, 1.807) is 25.7 Å². The Morgan fingerprint density at radius 3 is 2.88 bits per heavy atom. The van der Waals surface area contributed by atoms with Gasteiger partial charge in [0, 0.05) is 18.0 Å². The Kier molecular flexibility index (Phi) is 3.15. The summed E-state index contributed by atoms with van der Waals surface area (Å²) in [6.45, 7) is 0. The van der Waals surface area contributed by atoms with Crippen LogP contribution in [-0.4, -0.2) is 17.1 Å². The van der Waals surface area contributed by atoms with Crippen molar-refractivity contribution in [3.63, 3.8) is 0 Å². The molecule has 0 atom stereocenters. The number of rotatable bonds is 1. The van der Waals surface area contributed by atoms with E-state index in [1.807, 2.05) is 24.3 Å². The van der Waals surface area contributed by atoms with Crippen molar-refractivity contribution in [2.24, 2.45) is 0 Å². The zero-order chi connectivity index (χ0) is 11.2. The molecular formula is C13H10N2O. The van der Waals surface area contributed by atoms with Crippen LogP contribution in [0.1, 0.15) is 11.3 Å². The van der Waals surface area contributed by atoms with Gasteiger partial charge in [-0.2, -0.15) is 0 Å². The van der Waals surface area contributed by atoms with Crippen LogP contribution in [0.2, 0.25) is 0 Å². The van der Waals surface area contributed by atoms with Crippen molar-refractivity contribution in [3.05, 3.63) is 54.1 Å². The average molecular weight is 209 g/mol. The van der Waals surface area contributed by atoms with Crippen molar-refractivity contribution in [3.8, 4) is 17.6 Å². The van der Waals surface area contributed by atoms with E-state index in [0.717, 1.165) is 11.3 Å². The van der Waals surface area contributed by atoms with E-state index in [-0.39, 0.29) is 0 Å². The molecule has 0 radical (unpaired) electrons. The van der Waals surface area contributed by atoms with Crippen molar-refractivity contribution >= 4 is 0 Å². The van der Waals surface area contributed by atoms with Gasteiger partial charge in [-0.3, -0.25) is 4.98 Å². The zero-order valence-electron chi connectivity index (χ0n) is 8.84. The molecular weight excluding hydrogens is 199 g/mol. The molecule has 0 amide bonds. The molecule has 0 aliphatic rings. The summed E-state index contributed by atoms with van der Waals surface area (Å²) in [4.78, 5) is 8.13. The van der Waals surface area contributed by atoms with Gasteiger partial charge < -0.3 is 4.74 Å². The van der Waals surface area contributed by atoms with Crippen LogP contribution in [-0.2, 0) is 0 Å². The molecule has 0 unspecified atom stereocenters. The lowest BCUT2D eigenvalue weighted by atomic mass is 10.2. The molecule has 3 nitrogen and oxygen atoms in total. The summed E-state index contributed by atoms with van der Waals surface area (Å²) in [7, 11) is 1.60. The van der Waals surface area contributed by atoms with Gasteiger partial charge in [0.15, 0.2) is 0 Å². The lowest BCUT2D eigenvalue weighted by Gasteiger charge is -1.97. The van der Waals surface area contributed by atoms with E-state index >= 15 is 0 Å². The van der Waals surface area contributed by atoms with Gasteiger partial charge in [0.25, 0.3) is 0 Å². The molecule has 0 spiro atoms. The van der Waals surface area contributed by atoms with Gasteiger partial charge in [0.05, 0.1) is 13.3 Å². The molecule has 0 saturated carbocycles. The second-order valence-corrected chi connectivity index (χ2v) is 3.08. The predicted octanol–water partition coefficient (Wildman–Crippen LogP) is 1.89. The Labute approximate surface area is 94.1 Å². The summed E-state index contributed by atoms with van der Waals surface area (Å²) in [5, 5.41) is 0. The molecule has 0 N–H and O–H groups in total. The van der Waals surface area contributed by atoms with Gasteiger partial charge in [-0.25, -0.2) is 4.98 Å². The van der Waals surface area contributed by atoms with Gasteiger partial charge in [-0.15, -0.1) is 0 Å². The summed E-state index contributed by atoms with van der Waals surface area (Å²) in [5.41, 5.74) is 1.55. The number of hydrogen-bond acceptors (Lipinski definition) is 3. The van der Waals surface area contributed by atoms with Crippen molar-refractivity contribution < 1.29 is 4.74 Å². The molecule has 0 fully saturated rings. The van der Waals surface area contributed by atoms with Crippen LogP contribution < -0.4 is 4.74 Å². The maximum Gasteiger partial charge on any atom is 0.138 e. The molecule has 0 aliphatic heterocycles. The first-order chi connectivity index (χ1) is 7.88. The van der Waals surface area contributed by atoms with E-state index in [9.17, 15) is 0 Å². The molecule has 3 heteroatoms. The number of hydrogen-bond donors (Lipinski definition) is 0. The minimum absolute atomic E-state index is 0.702. The summed E-state index contributed by atoms with van der Waals surface area (Å²) in [6, 6.07) is 7.46. The van der Waals surface area contributed by atoms with Crippen LogP contribution in [0.5, 0.6) is 5.75 Å². The third kappa shape index (κ3) is 2.58. The van der Waals surface area contributed by atoms with Gasteiger partial charge in [0.2, 0.25) is 0 Å². The fraction of sp³-hybridized carbons (Fsp3) is 0.0769. The monoisotopic (exact) mass is 209 g/mol. The van der Waals surface area contributed by atoms with Crippen LogP contribution in [0.4, 0.5) is 0 Å². The second kappa shape index (κ2) is 4.94. The normalized spacial score (nSPS) is 9.06. The number of nitrogens with zero attached hydrogens (tertiary/aromatic N) is 2. The van der Waals surface area contributed by atoms with Crippen LogP contribution in [0.15, 0.2) is 42.9 Å². The Balaban J connectivity index is 2.24. The molecule has 16 heavy (non-hydrogen) atoms. The first kappa shape index (κ1) is 10.2. The average Bonchev–Trinajstić information content (AvgIpc) is 2.38. The number of methoxy groups -OCH3 is 1. The van der Waals surface area contributed by atoms with E-state index in [1.165, 1.54) is 0 Å². The van der Waals surface area contributed by atoms with Crippen molar-refractivity contribution in [2.45, 2.75) is 0 Å². The fourth-order valence-electron chi connectivity index (χ4n) is 1.17. The van der Waals surface area contributed by atoms with Gasteiger partial charge in [-0.1, -0.05) is 12.0 Å². The highest BCUT2D eigenvalue weighted by Gasteiger charge is 1.92. The minimum atomic E-state index is 0.702. The molecule has 2 rings (SSSR count). The zero-order valence-corrected chi connectivity index (χ0v) is 8.84. The number of ether oxygens (including phenoxy) is 1. The van der Waals surface area contributed by atoms with Gasteiger partial charge >= 0.3 is 0 Å². The predicted molar refractivity (Wildman–Crippen MR) is 61.0 cm³/mol. The highest BCUT2D eigenvalue weighted by Crippen LogP contribution is 2.08. The van der Waals surface area contributed by atoms with E-state index in [0.29, 0.717) is 5.75 Å². The lowest BCUT2D eigenvalue weighted by Crippen LogP contribution is -1.86. The van der Waals surface area contributed by atoms with Gasteiger partial charge in [0.1, 0.15) is 11.4 Å². The summed E-state index contributed by atoms with van der Waals surface area (Å²) < 4.78 is 5.06. The van der Waals surface area contributed by atoms with Crippen molar-refractivity contribution in [1.82, 2.24) is 9.97 Å². The molecule has 2 aromatic rings. The Morgan fingerprint density at radius 2 is 2.12 bits per heavy atom. The molecule has 0 saturated heterocycles. The maximum absolute atomic E-state index is 5.06. The maximum atomic E-state index is 5.06. The molecule has 78 valence electrons. The molecule has 0 bridgehead atoms. The van der Waals surface area contributed by atoms with Gasteiger partial charge in [-0.05, 0) is 24.1 Å². The van der Waals surface area contributed by atoms with E-state index < -0.39 is 0 Å². The van der Waals surface area contributed by atoms with Crippen LogP contribution in [0.25, 0.3) is 0 Å². The highest BCUT2D eigenvalue weighted by molar-refractivity contribution is 5.41. The highest BCUT2D eigenvalue weighted by atomic mass is 16.4. The topological polar surface area (TPSA) is 35.0 Å². The van der Waals surface area contributed by atoms with Crippen LogP contribution >= 0.6 is 0 Å². The second-order valence-electron chi connectivity index (χ2n) is 3.08. The molecule has 2 aromatic heterocycles. The van der Waals surface area contributed by atoms with E-state index in [4.69, 9.17) is 4.74 Å². The Bertz CT molecular complexity index is 526. The summed E-state index contributed by atoms with van der Waals surface area (Å²) >= 11 is 0. The lowest BCUT2D eigenvalue weighted by molar-refractivity contribution is 0.413. The largest absolute Gasteiger partial charge is 0.495 e. The van der Waals surface area contributed by atoms with E-state index in [2.05, 4.69) is 21.8 Å². The summed E-state index contributed by atoms with van der Waals surface area (Å²) in [5.74, 6) is 6.64. The first-order valence-corrected chi connectivity index (χ1v) is 4.80. The third-order valence-electron chi connectivity index (χ3n) is 1.95. The minimum Gasteiger partial charge on any atom is -0.495 e. The smallest absolute Gasteiger partial charge is 0.138 e. The quantitative estimate of drug-likeness (QED) is 0.673. The van der Waals surface area contributed by atoms with Crippen molar-refractivity contribution in [1.29, 1.82) is 0 Å². The van der Waals surface area contributed by atoms with Crippen LogP contribution in [0.3, 0.4) is 0 Å². The SMILES string of the molecule is [11CH3]Oc1cncc(C#Cc2ccccn2)c1. The Hall–Kier alpha value is -2.34. The number of pyridine rings is 2. The fourth-order valence-corrected chi connectivity index (χ4v) is 1.17. The summed E-state index contributed by atoms with van der Waals surface area (Å²) in [6.07, 6.45) is 5.05. The van der Waals surface area contributed by atoms with Crippen molar-refractivity contribution in [2.75, 3.05) is 7.11 Å².